The van der Waals surface area contributed by atoms with Crippen LogP contribution < -0.4 is 10.2 Å². The van der Waals surface area contributed by atoms with Gasteiger partial charge in [-0.2, -0.15) is 0 Å². The first-order valence-electron chi connectivity index (χ1n) is 6.26. The van der Waals surface area contributed by atoms with Gasteiger partial charge in [0, 0.05) is 30.1 Å². The standard InChI is InChI=1S/C16H15NO3/c18-12-1-2-14-3-5-16(6-4-14)20-13-11-17-9-7-15(19)8-10-17/h3-10,18H,11-13H2. The van der Waals surface area contributed by atoms with Crippen LogP contribution in [0.4, 0.5) is 0 Å². The van der Waals surface area contributed by atoms with Gasteiger partial charge in [-0.1, -0.05) is 11.8 Å². The maximum Gasteiger partial charge on any atom is 0.181 e. The third-order valence-electron chi connectivity index (χ3n) is 2.64. The number of aliphatic hydroxyl groups excluding tert-OH is 1. The van der Waals surface area contributed by atoms with E-state index in [4.69, 9.17) is 9.84 Å². The molecule has 4 nitrogen and oxygen atoms in total. The molecule has 0 fully saturated rings. The van der Waals surface area contributed by atoms with Crippen LogP contribution in [-0.2, 0) is 6.54 Å². The summed E-state index contributed by atoms with van der Waals surface area (Å²) in [4.78, 5) is 11.0. The van der Waals surface area contributed by atoms with Crippen molar-refractivity contribution in [2.24, 2.45) is 0 Å². The summed E-state index contributed by atoms with van der Waals surface area (Å²) >= 11 is 0. The molecule has 0 unspecified atom stereocenters. The Kier molecular flexibility index (Phi) is 4.99. The van der Waals surface area contributed by atoms with E-state index >= 15 is 0 Å². The number of nitrogens with zero attached hydrogens (tertiary/aromatic N) is 1. The summed E-state index contributed by atoms with van der Waals surface area (Å²) in [7, 11) is 0. The van der Waals surface area contributed by atoms with Crippen molar-refractivity contribution in [1.82, 2.24) is 4.57 Å². The van der Waals surface area contributed by atoms with E-state index < -0.39 is 0 Å². The molecule has 0 aliphatic carbocycles. The molecule has 20 heavy (non-hydrogen) atoms. The topological polar surface area (TPSA) is 51.5 Å². The largest absolute Gasteiger partial charge is 0.492 e. The quantitative estimate of drug-likeness (QED) is 0.850. The van der Waals surface area contributed by atoms with Crippen molar-refractivity contribution in [1.29, 1.82) is 0 Å². The van der Waals surface area contributed by atoms with Crippen LogP contribution >= 0.6 is 0 Å². The fourth-order valence-electron chi connectivity index (χ4n) is 1.64. The Morgan fingerprint density at radius 1 is 1.10 bits per heavy atom. The molecule has 1 aromatic heterocycles. The van der Waals surface area contributed by atoms with Crippen molar-refractivity contribution in [2.45, 2.75) is 6.54 Å². The van der Waals surface area contributed by atoms with Crippen LogP contribution in [0.25, 0.3) is 0 Å². The van der Waals surface area contributed by atoms with E-state index in [2.05, 4.69) is 11.8 Å². The van der Waals surface area contributed by atoms with E-state index in [1.54, 1.807) is 12.4 Å². The van der Waals surface area contributed by atoms with Crippen molar-refractivity contribution in [2.75, 3.05) is 13.2 Å². The van der Waals surface area contributed by atoms with Crippen LogP contribution in [0, 0.1) is 11.8 Å². The number of hydrogen-bond donors (Lipinski definition) is 1. The Morgan fingerprint density at radius 2 is 1.80 bits per heavy atom. The first-order chi connectivity index (χ1) is 9.78. The summed E-state index contributed by atoms with van der Waals surface area (Å²) < 4.78 is 7.49. The van der Waals surface area contributed by atoms with Crippen molar-refractivity contribution in [3.8, 4) is 17.6 Å². The van der Waals surface area contributed by atoms with E-state index in [1.165, 1.54) is 12.1 Å². The van der Waals surface area contributed by atoms with Gasteiger partial charge in [0.15, 0.2) is 5.43 Å². The molecule has 0 saturated heterocycles. The number of rotatable bonds is 4. The van der Waals surface area contributed by atoms with Gasteiger partial charge in [0.2, 0.25) is 0 Å². The average Bonchev–Trinajstić information content (AvgIpc) is 2.48. The second-order valence-electron chi connectivity index (χ2n) is 4.10. The minimum absolute atomic E-state index is 0.00162. The SMILES string of the molecule is O=c1ccn(CCOc2ccc(C#CCO)cc2)cc1. The zero-order valence-corrected chi connectivity index (χ0v) is 11.0. The highest BCUT2D eigenvalue weighted by Gasteiger charge is 1.95. The van der Waals surface area contributed by atoms with E-state index in [-0.39, 0.29) is 12.0 Å². The number of aromatic nitrogens is 1. The minimum Gasteiger partial charge on any atom is -0.492 e. The van der Waals surface area contributed by atoms with Gasteiger partial charge in [0.05, 0.1) is 6.54 Å². The highest BCUT2D eigenvalue weighted by atomic mass is 16.5. The van der Waals surface area contributed by atoms with Crippen LogP contribution in [0.5, 0.6) is 5.75 Å². The molecule has 0 aliphatic heterocycles. The first kappa shape index (κ1) is 13.9. The van der Waals surface area contributed by atoms with E-state index in [0.717, 1.165) is 11.3 Å². The monoisotopic (exact) mass is 269 g/mol. The van der Waals surface area contributed by atoms with E-state index in [1.807, 2.05) is 28.8 Å². The molecule has 0 amide bonds. The number of aliphatic hydroxyl groups is 1. The van der Waals surface area contributed by atoms with Crippen LogP contribution in [0.2, 0.25) is 0 Å². The van der Waals surface area contributed by atoms with Crippen molar-refractivity contribution >= 4 is 0 Å². The van der Waals surface area contributed by atoms with Gasteiger partial charge in [-0.25, -0.2) is 0 Å². The highest BCUT2D eigenvalue weighted by molar-refractivity contribution is 5.38. The van der Waals surface area contributed by atoms with E-state index in [0.29, 0.717) is 13.2 Å². The third-order valence-corrected chi connectivity index (χ3v) is 2.64. The number of hydrogen-bond acceptors (Lipinski definition) is 3. The lowest BCUT2D eigenvalue weighted by Crippen LogP contribution is -2.10. The fourth-order valence-corrected chi connectivity index (χ4v) is 1.64. The van der Waals surface area contributed by atoms with Crippen LogP contribution in [-0.4, -0.2) is 22.9 Å². The molecule has 102 valence electrons. The summed E-state index contributed by atoms with van der Waals surface area (Å²) in [6.45, 7) is 1.05. The molecule has 0 saturated carbocycles. The van der Waals surface area contributed by atoms with E-state index in [9.17, 15) is 4.79 Å². The van der Waals surface area contributed by atoms with Crippen LogP contribution in [0.15, 0.2) is 53.6 Å². The maximum absolute atomic E-state index is 11.0. The van der Waals surface area contributed by atoms with Gasteiger partial charge in [-0.05, 0) is 24.3 Å². The molecule has 2 aromatic rings. The lowest BCUT2D eigenvalue weighted by Gasteiger charge is -2.08. The van der Waals surface area contributed by atoms with Crippen molar-refractivity contribution in [3.05, 3.63) is 64.6 Å². The van der Waals surface area contributed by atoms with Crippen LogP contribution in [0.1, 0.15) is 5.56 Å². The molecular weight excluding hydrogens is 254 g/mol. The summed E-state index contributed by atoms with van der Waals surface area (Å²) in [6.07, 6.45) is 3.47. The Labute approximate surface area is 117 Å². The van der Waals surface area contributed by atoms with Crippen molar-refractivity contribution in [3.63, 3.8) is 0 Å². The molecule has 0 spiro atoms. The summed E-state index contributed by atoms with van der Waals surface area (Å²) in [5.41, 5.74) is 0.841. The molecule has 4 heteroatoms. The Morgan fingerprint density at radius 3 is 2.45 bits per heavy atom. The van der Waals surface area contributed by atoms with Gasteiger partial charge in [0.1, 0.15) is 19.0 Å². The number of benzene rings is 1. The van der Waals surface area contributed by atoms with Gasteiger partial charge in [-0.3, -0.25) is 4.79 Å². The fraction of sp³-hybridized carbons (Fsp3) is 0.188. The summed E-state index contributed by atoms with van der Waals surface area (Å²) in [5, 5.41) is 8.60. The lowest BCUT2D eigenvalue weighted by molar-refractivity contribution is 0.298. The third kappa shape index (κ3) is 4.30. The summed E-state index contributed by atoms with van der Waals surface area (Å²) in [5.74, 6) is 6.17. The average molecular weight is 269 g/mol. The van der Waals surface area contributed by atoms with Gasteiger partial charge in [0.25, 0.3) is 0 Å². The Bertz CT molecular complexity index is 642. The molecule has 0 aliphatic rings. The second-order valence-corrected chi connectivity index (χ2v) is 4.10. The van der Waals surface area contributed by atoms with Gasteiger partial charge in [-0.15, -0.1) is 0 Å². The summed E-state index contributed by atoms with van der Waals surface area (Å²) in [6, 6.07) is 10.4. The highest BCUT2D eigenvalue weighted by Crippen LogP contribution is 2.11. The predicted molar refractivity (Wildman–Crippen MR) is 76.6 cm³/mol. The molecule has 1 heterocycles. The first-order valence-corrected chi connectivity index (χ1v) is 6.26. The molecular formula is C16H15NO3. The number of pyridine rings is 1. The van der Waals surface area contributed by atoms with Gasteiger partial charge < -0.3 is 14.4 Å². The maximum atomic E-state index is 11.0. The minimum atomic E-state index is -0.141. The molecule has 0 atom stereocenters. The molecule has 1 N–H and O–H groups in total. The molecule has 0 radical (unpaired) electrons. The molecule has 1 aromatic carbocycles. The van der Waals surface area contributed by atoms with Gasteiger partial charge >= 0.3 is 0 Å². The zero-order chi connectivity index (χ0) is 14.2. The lowest BCUT2D eigenvalue weighted by atomic mass is 10.2. The second kappa shape index (κ2) is 7.17. The van der Waals surface area contributed by atoms with Crippen molar-refractivity contribution < 1.29 is 9.84 Å². The predicted octanol–water partition coefficient (Wildman–Crippen LogP) is 1.27. The zero-order valence-electron chi connectivity index (χ0n) is 11.0. The number of ether oxygens (including phenoxy) is 1. The molecule has 2 rings (SSSR count). The normalized spacial score (nSPS) is 9.65. The van der Waals surface area contributed by atoms with Crippen LogP contribution in [0.3, 0.4) is 0 Å². The molecule has 0 bridgehead atoms. The smallest absolute Gasteiger partial charge is 0.181 e. The Hall–Kier alpha value is -2.51. The Balaban J connectivity index is 1.85.